The predicted molar refractivity (Wildman–Crippen MR) is 68.1 cm³/mol. The summed E-state index contributed by atoms with van der Waals surface area (Å²) in [6, 6.07) is 10.1. The molecule has 1 aromatic carbocycles. The number of aliphatic hydroxyl groups is 1. The number of benzene rings is 1. The number of carbonyl (C=O) groups is 1. The number of amides is 1. The van der Waals surface area contributed by atoms with Gasteiger partial charge in [0.15, 0.2) is 0 Å². The topological polar surface area (TPSA) is 49.8 Å². The van der Waals surface area contributed by atoms with Gasteiger partial charge in [-0.15, -0.1) is 0 Å². The lowest BCUT2D eigenvalue weighted by atomic mass is 10.0. The fourth-order valence-corrected chi connectivity index (χ4v) is 2.60. The molecule has 1 N–H and O–H groups in total. The Morgan fingerprint density at radius 3 is 2.78 bits per heavy atom. The third kappa shape index (κ3) is 2.71. The van der Waals surface area contributed by atoms with E-state index in [0.29, 0.717) is 6.54 Å². The molecule has 0 radical (unpaired) electrons. The van der Waals surface area contributed by atoms with E-state index in [1.807, 2.05) is 30.3 Å². The van der Waals surface area contributed by atoms with Crippen LogP contribution in [0.4, 0.5) is 0 Å². The van der Waals surface area contributed by atoms with Crippen LogP contribution in [0.5, 0.6) is 0 Å². The van der Waals surface area contributed by atoms with Gasteiger partial charge in [0.1, 0.15) is 6.61 Å². The predicted octanol–water partition coefficient (Wildman–Crippen LogP) is 0.837. The highest BCUT2D eigenvalue weighted by atomic mass is 16.5. The van der Waals surface area contributed by atoms with Crippen molar-refractivity contribution >= 4 is 5.91 Å². The van der Waals surface area contributed by atoms with Gasteiger partial charge in [0.25, 0.3) is 0 Å². The van der Waals surface area contributed by atoms with Crippen LogP contribution in [0.3, 0.4) is 0 Å². The van der Waals surface area contributed by atoms with Crippen LogP contribution in [0.25, 0.3) is 0 Å². The van der Waals surface area contributed by atoms with E-state index in [2.05, 4.69) is 0 Å². The number of carbonyl (C=O) groups excluding carboxylic acids is 1. The Morgan fingerprint density at radius 2 is 2.17 bits per heavy atom. The standard InChI is InChI=1S/C14H19NO3/c1-18-13-7-8-15(14(17)10-16)12(13)9-11-5-3-2-4-6-11/h2-6,12-13,16H,7-10H2,1H3/t12-,13+/m0/s1. The molecule has 0 saturated carbocycles. The Kier molecular flexibility index (Phi) is 4.33. The Labute approximate surface area is 107 Å². The second-order valence-corrected chi connectivity index (χ2v) is 4.57. The number of hydrogen-bond acceptors (Lipinski definition) is 3. The number of likely N-dealkylation sites (tertiary alicyclic amines) is 1. The van der Waals surface area contributed by atoms with Crippen molar-refractivity contribution in [2.45, 2.75) is 25.0 Å². The van der Waals surface area contributed by atoms with E-state index in [1.54, 1.807) is 12.0 Å². The first-order valence-corrected chi connectivity index (χ1v) is 6.23. The summed E-state index contributed by atoms with van der Waals surface area (Å²) in [7, 11) is 1.68. The fraction of sp³-hybridized carbons (Fsp3) is 0.500. The average Bonchev–Trinajstić information content (AvgIpc) is 2.82. The first-order valence-electron chi connectivity index (χ1n) is 6.23. The van der Waals surface area contributed by atoms with E-state index in [0.717, 1.165) is 12.8 Å². The van der Waals surface area contributed by atoms with Crippen LogP contribution in [0.15, 0.2) is 30.3 Å². The maximum Gasteiger partial charge on any atom is 0.248 e. The SMILES string of the molecule is CO[C@@H]1CCN(C(=O)CO)[C@H]1Cc1ccccc1. The summed E-state index contributed by atoms with van der Waals surface area (Å²) in [5.41, 5.74) is 1.18. The molecule has 1 aliphatic rings. The van der Waals surface area contributed by atoms with E-state index in [-0.39, 0.29) is 18.1 Å². The maximum atomic E-state index is 11.7. The molecule has 0 spiro atoms. The molecular weight excluding hydrogens is 230 g/mol. The fourth-order valence-electron chi connectivity index (χ4n) is 2.60. The van der Waals surface area contributed by atoms with Crippen molar-refractivity contribution in [3.05, 3.63) is 35.9 Å². The number of rotatable bonds is 4. The summed E-state index contributed by atoms with van der Waals surface area (Å²) < 4.78 is 5.45. The molecule has 4 heteroatoms. The second-order valence-electron chi connectivity index (χ2n) is 4.57. The third-order valence-corrected chi connectivity index (χ3v) is 3.53. The lowest BCUT2D eigenvalue weighted by molar-refractivity contribution is -0.136. The first kappa shape index (κ1) is 13.1. The van der Waals surface area contributed by atoms with Crippen LogP contribution >= 0.6 is 0 Å². The molecule has 18 heavy (non-hydrogen) atoms. The number of aliphatic hydroxyl groups excluding tert-OH is 1. The quantitative estimate of drug-likeness (QED) is 0.860. The second kappa shape index (κ2) is 5.98. The van der Waals surface area contributed by atoms with E-state index >= 15 is 0 Å². The number of hydrogen-bond donors (Lipinski definition) is 1. The Hall–Kier alpha value is -1.39. The lowest BCUT2D eigenvalue weighted by Gasteiger charge is -2.27. The van der Waals surface area contributed by atoms with Crippen molar-refractivity contribution in [3.63, 3.8) is 0 Å². The van der Waals surface area contributed by atoms with E-state index in [9.17, 15) is 4.79 Å². The summed E-state index contributed by atoms with van der Waals surface area (Å²) in [4.78, 5) is 13.4. The molecule has 1 heterocycles. The van der Waals surface area contributed by atoms with Crippen molar-refractivity contribution < 1.29 is 14.6 Å². The average molecular weight is 249 g/mol. The molecule has 1 aromatic rings. The highest BCUT2D eigenvalue weighted by molar-refractivity contribution is 5.78. The molecule has 4 nitrogen and oxygen atoms in total. The molecule has 1 saturated heterocycles. The van der Waals surface area contributed by atoms with Crippen molar-refractivity contribution in [1.29, 1.82) is 0 Å². The van der Waals surface area contributed by atoms with Gasteiger partial charge in [0.05, 0.1) is 12.1 Å². The van der Waals surface area contributed by atoms with Gasteiger partial charge >= 0.3 is 0 Å². The minimum Gasteiger partial charge on any atom is -0.387 e. The third-order valence-electron chi connectivity index (χ3n) is 3.53. The van der Waals surface area contributed by atoms with Crippen LogP contribution < -0.4 is 0 Å². The van der Waals surface area contributed by atoms with Gasteiger partial charge < -0.3 is 14.7 Å². The molecular formula is C14H19NO3. The van der Waals surface area contributed by atoms with Crippen LogP contribution in [0.2, 0.25) is 0 Å². The van der Waals surface area contributed by atoms with Gasteiger partial charge in [-0.3, -0.25) is 4.79 Å². The zero-order valence-corrected chi connectivity index (χ0v) is 10.6. The minimum atomic E-state index is -0.429. The first-order chi connectivity index (χ1) is 8.76. The Morgan fingerprint density at radius 1 is 1.44 bits per heavy atom. The summed E-state index contributed by atoms with van der Waals surface area (Å²) in [5, 5.41) is 9.01. The smallest absolute Gasteiger partial charge is 0.248 e. The summed E-state index contributed by atoms with van der Waals surface area (Å²) in [5.74, 6) is -0.213. The van der Waals surface area contributed by atoms with Crippen molar-refractivity contribution in [1.82, 2.24) is 4.90 Å². The Bertz CT molecular complexity index is 393. The largest absolute Gasteiger partial charge is 0.387 e. The molecule has 1 amide bonds. The number of methoxy groups -OCH3 is 1. The number of ether oxygens (including phenoxy) is 1. The molecule has 98 valence electrons. The van der Waals surface area contributed by atoms with Gasteiger partial charge in [-0.2, -0.15) is 0 Å². The molecule has 2 rings (SSSR count). The van der Waals surface area contributed by atoms with Crippen molar-refractivity contribution in [2.75, 3.05) is 20.3 Å². The molecule has 0 bridgehead atoms. The van der Waals surface area contributed by atoms with E-state index in [1.165, 1.54) is 5.56 Å². The molecule has 1 aliphatic heterocycles. The van der Waals surface area contributed by atoms with E-state index < -0.39 is 6.61 Å². The molecule has 1 fully saturated rings. The normalized spacial score (nSPS) is 23.3. The maximum absolute atomic E-state index is 11.7. The highest BCUT2D eigenvalue weighted by Gasteiger charge is 2.36. The monoisotopic (exact) mass is 249 g/mol. The van der Waals surface area contributed by atoms with Gasteiger partial charge in [0.2, 0.25) is 5.91 Å². The van der Waals surface area contributed by atoms with Crippen LogP contribution in [0.1, 0.15) is 12.0 Å². The Balaban J connectivity index is 2.12. The van der Waals surface area contributed by atoms with Gasteiger partial charge in [0, 0.05) is 13.7 Å². The highest BCUT2D eigenvalue weighted by Crippen LogP contribution is 2.24. The summed E-state index contributed by atoms with van der Waals surface area (Å²) in [6.07, 6.45) is 1.66. The van der Waals surface area contributed by atoms with Crippen LogP contribution in [0, 0.1) is 0 Å². The summed E-state index contributed by atoms with van der Waals surface area (Å²) in [6.45, 7) is 0.233. The van der Waals surface area contributed by atoms with Crippen molar-refractivity contribution in [2.24, 2.45) is 0 Å². The van der Waals surface area contributed by atoms with E-state index in [4.69, 9.17) is 9.84 Å². The van der Waals surface area contributed by atoms with Crippen LogP contribution in [-0.2, 0) is 16.0 Å². The van der Waals surface area contributed by atoms with Gasteiger partial charge in [-0.1, -0.05) is 30.3 Å². The molecule has 0 unspecified atom stereocenters. The zero-order chi connectivity index (χ0) is 13.0. The van der Waals surface area contributed by atoms with Gasteiger partial charge in [-0.05, 0) is 18.4 Å². The summed E-state index contributed by atoms with van der Waals surface area (Å²) >= 11 is 0. The molecule has 2 atom stereocenters. The molecule has 0 aliphatic carbocycles. The molecule has 0 aromatic heterocycles. The van der Waals surface area contributed by atoms with Crippen molar-refractivity contribution in [3.8, 4) is 0 Å². The lowest BCUT2D eigenvalue weighted by Crippen LogP contribution is -2.42. The zero-order valence-electron chi connectivity index (χ0n) is 10.6. The minimum absolute atomic E-state index is 0.0250. The van der Waals surface area contributed by atoms with Crippen LogP contribution in [-0.4, -0.2) is 48.3 Å². The van der Waals surface area contributed by atoms with Gasteiger partial charge in [-0.25, -0.2) is 0 Å². The number of nitrogens with zero attached hydrogens (tertiary/aromatic N) is 1.